The molecule has 0 unspecified atom stereocenters. The number of piperidine rings is 1. The molecule has 0 bridgehead atoms. The molecule has 0 atom stereocenters. The van der Waals surface area contributed by atoms with Crippen molar-refractivity contribution >= 4 is 17.4 Å². The zero-order valence-corrected chi connectivity index (χ0v) is 14.5. The number of carbonyl (C=O) groups excluding carboxylic acids is 1. The van der Waals surface area contributed by atoms with E-state index in [2.05, 4.69) is 47.6 Å². The molecule has 0 spiro atoms. The second-order valence-electron chi connectivity index (χ2n) is 6.72. The molecular formula is C19H24N4O. The van der Waals surface area contributed by atoms with E-state index < -0.39 is 0 Å². The van der Waals surface area contributed by atoms with Gasteiger partial charge in [-0.15, -0.1) is 10.2 Å². The molecule has 5 nitrogen and oxygen atoms in total. The summed E-state index contributed by atoms with van der Waals surface area (Å²) in [5.74, 6) is 1.32. The van der Waals surface area contributed by atoms with Gasteiger partial charge in [-0.2, -0.15) is 0 Å². The van der Waals surface area contributed by atoms with E-state index in [0.29, 0.717) is 17.4 Å². The lowest BCUT2D eigenvalue weighted by Crippen LogP contribution is -2.38. The highest BCUT2D eigenvalue weighted by atomic mass is 16.2. The number of anilines is 2. The number of aryl methyl sites for hydroxylation is 2. The van der Waals surface area contributed by atoms with E-state index in [1.165, 1.54) is 5.56 Å². The SMILES string of the molecule is Cc1ccc(C)c(Nc2ccc(C(=O)N3CCC(C)CC3)nn2)c1. The highest BCUT2D eigenvalue weighted by Gasteiger charge is 2.22. The van der Waals surface area contributed by atoms with Gasteiger partial charge in [0.2, 0.25) is 0 Å². The lowest BCUT2D eigenvalue weighted by atomic mass is 9.99. The Hall–Kier alpha value is -2.43. The molecule has 0 radical (unpaired) electrons. The molecule has 24 heavy (non-hydrogen) atoms. The van der Waals surface area contributed by atoms with Gasteiger partial charge in [0.05, 0.1) is 0 Å². The van der Waals surface area contributed by atoms with Crippen LogP contribution in [-0.4, -0.2) is 34.1 Å². The number of likely N-dealkylation sites (tertiary alicyclic amines) is 1. The van der Waals surface area contributed by atoms with Gasteiger partial charge in [0.15, 0.2) is 11.5 Å². The Labute approximate surface area is 143 Å². The van der Waals surface area contributed by atoms with Crippen molar-refractivity contribution in [1.29, 1.82) is 0 Å². The van der Waals surface area contributed by atoms with Crippen LogP contribution in [0.15, 0.2) is 30.3 Å². The predicted octanol–water partition coefficient (Wildman–Crippen LogP) is 3.71. The van der Waals surface area contributed by atoms with Crippen molar-refractivity contribution in [3.8, 4) is 0 Å². The predicted molar refractivity (Wildman–Crippen MR) is 95.5 cm³/mol. The zero-order chi connectivity index (χ0) is 17.1. The van der Waals surface area contributed by atoms with Crippen LogP contribution in [0.25, 0.3) is 0 Å². The number of nitrogens with zero attached hydrogens (tertiary/aromatic N) is 3. The summed E-state index contributed by atoms with van der Waals surface area (Å²) in [5.41, 5.74) is 3.75. The van der Waals surface area contributed by atoms with Gasteiger partial charge < -0.3 is 10.2 Å². The van der Waals surface area contributed by atoms with Crippen LogP contribution in [-0.2, 0) is 0 Å². The van der Waals surface area contributed by atoms with E-state index in [1.807, 2.05) is 17.9 Å². The average molecular weight is 324 g/mol. The van der Waals surface area contributed by atoms with Crippen LogP contribution >= 0.6 is 0 Å². The van der Waals surface area contributed by atoms with Gasteiger partial charge in [-0.05, 0) is 61.9 Å². The molecule has 1 aliphatic rings. The third-order valence-corrected chi connectivity index (χ3v) is 4.61. The summed E-state index contributed by atoms with van der Waals surface area (Å²) < 4.78 is 0. The van der Waals surface area contributed by atoms with Gasteiger partial charge in [0, 0.05) is 18.8 Å². The maximum Gasteiger partial charge on any atom is 0.274 e. The summed E-state index contributed by atoms with van der Waals surface area (Å²) >= 11 is 0. The first kappa shape index (κ1) is 16.4. The molecular weight excluding hydrogens is 300 g/mol. The molecule has 1 aliphatic heterocycles. The van der Waals surface area contributed by atoms with E-state index in [0.717, 1.165) is 37.2 Å². The van der Waals surface area contributed by atoms with Crippen molar-refractivity contribution in [3.05, 3.63) is 47.2 Å². The summed E-state index contributed by atoms with van der Waals surface area (Å²) in [6.07, 6.45) is 2.12. The Morgan fingerprint density at radius 3 is 2.54 bits per heavy atom. The fourth-order valence-corrected chi connectivity index (χ4v) is 2.90. The van der Waals surface area contributed by atoms with Crippen molar-refractivity contribution in [2.24, 2.45) is 5.92 Å². The molecule has 1 fully saturated rings. The number of hydrogen-bond donors (Lipinski definition) is 1. The first-order valence-electron chi connectivity index (χ1n) is 8.50. The number of rotatable bonds is 3. The first-order valence-corrected chi connectivity index (χ1v) is 8.50. The molecule has 2 heterocycles. The van der Waals surface area contributed by atoms with Gasteiger partial charge in [0.1, 0.15) is 0 Å². The van der Waals surface area contributed by atoms with Crippen LogP contribution in [0.2, 0.25) is 0 Å². The minimum atomic E-state index is -0.0207. The lowest BCUT2D eigenvalue weighted by molar-refractivity contribution is 0.0690. The fraction of sp³-hybridized carbons (Fsp3) is 0.421. The average Bonchev–Trinajstić information content (AvgIpc) is 2.59. The van der Waals surface area contributed by atoms with E-state index in [-0.39, 0.29) is 5.91 Å². The molecule has 3 rings (SSSR count). The topological polar surface area (TPSA) is 58.1 Å². The summed E-state index contributed by atoms with van der Waals surface area (Å²) in [7, 11) is 0. The van der Waals surface area contributed by atoms with Crippen LogP contribution in [0.5, 0.6) is 0 Å². The Morgan fingerprint density at radius 2 is 1.88 bits per heavy atom. The summed E-state index contributed by atoms with van der Waals surface area (Å²) in [6.45, 7) is 7.95. The largest absolute Gasteiger partial charge is 0.339 e. The summed E-state index contributed by atoms with van der Waals surface area (Å²) in [5, 5.41) is 11.6. The molecule has 0 aliphatic carbocycles. The van der Waals surface area contributed by atoms with E-state index in [4.69, 9.17) is 0 Å². The van der Waals surface area contributed by atoms with Gasteiger partial charge in [-0.25, -0.2) is 0 Å². The third-order valence-electron chi connectivity index (χ3n) is 4.61. The highest BCUT2D eigenvalue weighted by molar-refractivity contribution is 5.92. The van der Waals surface area contributed by atoms with Crippen molar-refractivity contribution in [2.45, 2.75) is 33.6 Å². The maximum absolute atomic E-state index is 12.5. The number of nitrogens with one attached hydrogen (secondary N) is 1. The first-order chi connectivity index (χ1) is 11.5. The Morgan fingerprint density at radius 1 is 1.12 bits per heavy atom. The molecule has 5 heteroatoms. The molecule has 1 N–H and O–H groups in total. The normalized spacial score (nSPS) is 15.4. The van der Waals surface area contributed by atoms with Crippen molar-refractivity contribution < 1.29 is 4.79 Å². The van der Waals surface area contributed by atoms with Gasteiger partial charge in [-0.3, -0.25) is 4.79 Å². The minimum absolute atomic E-state index is 0.0207. The summed E-state index contributed by atoms with van der Waals surface area (Å²) in [6, 6.07) is 9.79. The molecule has 1 amide bonds. The van der Waals surface area contributed by atoms with E-state index in [9.17, 15) is 4.79 Å². The summed E-state index contributed by atoms with van der Waals surface area (Å²) in [4.78, 5) is 14.4. The van der Waals surface area contributed by atoms with Crippen molar-refractivity contribution in [3.63, 3.8) is 0 Å². The van der Waals surface area contributed by atoms with Crippen LogP contribution in [0.4, 0.5) is 11.5 Å². The molecule has 1 saturated heterocycles. The van der Waals surface area contributed by atoms with Gasteiger partial charge in [-0.1, -0.05) is 19.1 Å². The van der Waals surface area contributed by atoms with Crippen LogP contribution in [0.3, 0.4) is 0 Å². The van der Waals surface area contributed by atoms with Gasteiger partial charge in [0.25, 0.3) is 5.91 Å². The molecule has 2 aromatic rings. The number of hydrogen-bond acceptors (Lipinski definition) is 4. The molecule has 1 aromatic carbocycles. The standard InChI is InChI=1S/C19H24N4O/c1-13-8-10-23(11-9-13)19(24)16-6-7-18(22-21-16)20-17-12-14(2)4-5-15(17)3/h4-7,12-13H,8-11H2,1-3H3,(H,20,22). The number of carbonyl (C=O) groups is 1. The second-order valence-corrected chi connectivity index (χ2v) is 6.72. The fourth-order valence-electron chi connectivity index (χ4n) is 2.90. The molecule has 0 saturated carbocycles. The highest BCUT2D eigenvalue weighted by Crippen LogP contribution is 2.21. The Balaban J connectivity index is 1.69. The number of aromatic nitrogens is 2. The monoisotopic (exact) mass is 324 g/mol. The Kier molecular flexibility index (Phi) is 4.79. The van der Waals surface area contributed by atoms with E-state index >= 15 is 0 Å². The van der Waals surface area contributed by atoms with Crippen LogP contribution in [0, 0.1) is 19.8 Å². The van der Waals surface area contributed by atoms with Crippen molar-refractivity contribution in [1.82, 2.24) is 15.1 Å². The second kappa shape index (κ2) is 6.99. The molecule has 126 valence electrons. The van der Waals surface area contributed by atoms with E-state index in [1.54, 1.807) is 6.07 Å². The lowest BCUT2D eigenvalue weighted by Gasteiger charge is -2.29. The Bertz CT molecular complexity index is 719. The third kappa shape index (κ3) is 3.72. The maximum atomic E-state index is 12.5. The quantitative estimate of drug-likeness (QED) is 0.935. The zero-order valence-electron chi connectivity index (χ0n) is 14.5. The van der Waals surface area contributed by atoms with Crippen LogP contribution in [0.1, 0.15) is 41.4 Å². The number of benzene rings is 1. The van der Waals surface area contributed by atoms with Gasteiger partial charge >= 0.3 is 0 Å². The number of amides is 1. The smallest absolute Gasteiger partial charge is 0.274 e. The molecule has 1 aromatic heterocycles. The van der Waals surface area contributed by atoms with Crippen LogP contribution < -0.4 is 5.32 Å². The minimum Gasteiger partial charge on any atom is -0.339 e. The van der Waals surface area contributed by atoms with Crippen molar-refractivity contribution in [2.75, 3.05) is 18.4 Å².